The highest BCUT2D eigenvalue weighted by molar-refractivity contribution is 8.11. The maximum atomic E-state index is 12.7. The molecule has 4 nitrogen and oxygen atoms in total. The second kappa shape index (κ2) is 4.86. The standard InChI is InChI=1S/C9H10F6O4S2/c1-6-4-2-3-5-7(6,20(16,17)8(10,11)12)21(18,19)9(13,14)15/h2,4,6H,3,5H2,1H3. The van der Waals surface area contributed by atoms with E-state index in [4.69, 9.17) is 0 Å². The molecule has 12 heteroatoms. The molecule has 0 aromatic carbocycles. The zero-order chi connectivity index (χ0) is 16.9. The van der Waals surface area contributed by atoms with Gasteiger partial charge >= 0.3 is 11.0 Å². The van der Waals surface area contributed by atoms with Crippen molar-refractivity contribution >= 4 is 19.7 Å². The van der Waals surface area contributed by atoms with Crippen LogP contribution in [-0.4, -0.2) is 31.9 Å². The van der Waals surface area contributed by atoms with Gasteiger partial charge in [0.25, 0.3) is 19.7 Å². The Morgan fingerprint density at radius 3 is 1.62 bits per heavy atom. The van der Waals surface area contributed by atoms with Gasteiger partial charge in [0, 0.05) is 5.92 Å². The van der Waals surface area contributed by atoms with Gasteiger partial charge in [-0.25, -0.2) is 16.8 Å². The van der Waals surface area contributed by atoms with E-state index in [0.717, 1.165) is 12.2 Å². The summed E-state index contributed by atoms with van der Waals surface area (Å²) in [6.45, 7) is 0.697. The van der Waals surface area contributed by atoms with Crippen molar-refractivity contribution in [1.82, 2.24) is 0 Å². The van der Waals surface area contributed by atoms with Crippen molar-refractivity contribution in [2.75, 3.05) is 0 Å². The summed E-state index contributed by atoms with van der Waals surface area (Å²) >= 11 is 0. The van der Waals surface area contributed by atoms with Crippen LogP contribution >= 0.6 is 0 Å². The first-order valence-electron chi connectivity index (χ1n) is 5.41. The zero-order valence-corrected chi connectivity index (χ0v) is 12.0. The van der Waals surface area contributed by atoms with E-state index in [2.05, 4.69) is 0 Å². The Labute approximate surface area is 116 Å². The van der Waals surface area contributed by atoms with E-state index in [9.17, 15) is 43.2 Å². The lowest BCUT2D eigenvalue weighted by Gasteiger charge is -2.38. The molecule has 0 N–H and O–H groups in total. The zero-order valence-electron chi connectivity index (χ0n) is 10.4. The van der Waals surface area contributed by atoms with Gasteiger partial charge in [0.1, 0.15) is 0 Å². The molecule has 1 unspecified atom stereocenters. The van der Waals surface area contributed by atoms with Gasteiger partial charge in [-0.05, 0) is 12.8 Å². The normalized spacial score (nSPS) is 24.0. The molecule has 0 bridgehead atoms. The first-order valence-corrected chi connectivity index (χ1v) is 8.38. The maximum absolute atomic E-state index is 12.7. The molecule has 124 valence electrons. The SMILES string of the molecule is CC1C=CCCC1(S(=O)(=O)C(F)(F)F)S(=O)(=O)C(F)(F)F. The van der Waals surface area contributed by atoms with E-state index in [1.54, 1.807) is 0 Å². The van der Waals surface area contributed by atoms with Crippen molar-refractivity contribution in [2.24, 2.45) is 5.92 Å². The van der Waals surface area contributed by atoms with Crippen LogP contribution in [-0.2, 0) is 19.7 Å². The maximum Gasteiger partial charge on any atom is 0.498 e. The molecule has 1 atom stereocenters. The third-order valence-corrected chi connectivity index (χ3v) is 8.80. The Bertz CT molecular complexity index is 597. The highest BCUT2D eigenvalue weighted by atomic mass is 32.3. The van der Waals surface area contributed by atoms with E-state index >= 15 is 0 Å². The minimum absolute atomic E-state index is 0.533. The summed E-state index contributed by atoms with van der Waals surface area (Å²) in [5.74, 6) is -2.00. The fourth-order valence-corrected chi connectivity index (χ4v) is 6.67. The van der Waals surface area contributed by atoms with Crippen molar-refractivity contribution in [1.29, 1.82) is 0 Å². The summed E-state index contributed by atoms with van der Waals surface area (Å²) in [6, 6.07) is 0. The quantitative estimate of drug-likeness (QED) is 0.561. The number of rotatable bonds is 2. The van der Waals surface area contributed by atoms with Crippen molar-refractivity contribution in [3.8, 4) is 0 Å². The van der Waals surface area contributed by atoms with Crippen LogP contribution < -0.4 is 0 Å². The average molecular weight is 360 g/mol. The van der Waals surface area contributed by atoms with Gasteiger partial charge in [-0.2, -0.15) is 26.3 Å². The number of allylic oxidation sites excluding steroid dienone is 2. The molecule has 0 radical (unpaired) electrons. The first-order chi connectivity index (χ1) is 9.13. The molecule has 0 saturated heterocycles. The predicted molar refractivity (Wildman–Crippen MR) is 60.2 cm³/mol. The third kappa shape index (κ3) is 2.35. The second-order valence-corrected chi connectivity index (χ2v) is 9.12. The summed E-state index contributed by atoms with van der Waals surface area (Å²) in [5.41, 5.74) is -12.2. The van der Waals surface area contributed by atoms with E-state index in [1.165, 1.54) is 0 Å². The van der Waals surface area contributed by atoms with Gasteiger partial charge in [0.2, 0.25) is 0 Å². The van der Waals surface area contributed by atoms with Crippen LogP contribution in [0.1, 0.15) is 19.8 Å². The lowest BCUT2D eigenvalue weighted by atomic mass is 9.96. The summed E-state index contributed by atoms with van der Waals surface area (Å²) in [5, 5.41) is 0. The Balaban J connectivity index is 3.84. The van der Waals surface area contributed by atoms with E-state index in [1.807, 2.05) is 0 Å². The van der Waals surface area contributed by atoms with Crippen LogP contribution in [0.5, 0.6) is 0 Å². The molecule has 0 aliphatic heterocycles. The molecular weight excluding hydrogens is 350 g/mol. The highest BCUT2D eigenvalue weighted by Crippen LogP contribution is 2.51. The average Bonchev–Trinajstić information content (AvgIpc) is 2.25. The molecular formula is C9H10F6O4S2. The van der Waals surface area contributed by atoms with Crippen LogP contribution in [0.2, 0.25) is 0 Å². The molecule has 0 heterocycles. The van der Waals surface area contributed by atoms with Gasteiger partial charge in [-0.3, -0.25) is 0 Å². The van der Waals surface area contributed by atoms with E-state index < -0.39 is 53.5 Å². The van der Waals surface area contributed by atoms with Crippen LogP contribution in [0.25, 0.3) is 0 Å². The van der Waals surface area contributed by atoms with Gasteiger partial charge in [0.05, 0.1) is 0 Å². The second-order valence-electron chi connectivity index (χ2n) is 4.47. The summed E-state index contributed by atoms with van der Waals surface area (Å²) < 4.78 is 119. The molecule has 0 spiro atoms. The Kier molecular flexibility index (Phi) is 4.23. The monoisotopic (exact) mass is 360 g/mol. The number of hydrogen-bond donors (Lipinski definition) is 0. The molecule has 21 heavy (non-hydrogen) atoms. The van der Waals surface area contributed by atoms with Gasteiger partial charge in [-0.15, -0.1) is 0 Å². The first kappa shape index (κ1) is 18.3. The molecule has 0 fully saturated rings. The van der Waals surface area contributed by atoms with Gasteiger partial charge < -0.3 is 0 Å². The van der Waals surface area contributed by atoms with Crippen LogP contribution in [0.4, 0.5) is 26.3 Å². The van der Waals surface area contributed by atoms with Crippen molar-refractivity contribution in [3.63, 3.8) is 0 Å². The summed E-state index contributed by atoms with van der Waals surface area (Å²) in [6.07, 6.45) is 0.0279. The molecule has 1 rings (SSSR count). The van der Waals surface area contributed by atoms with E-state index in [-0.39, 0.29) is 0 Å². The molecule has 0 aromatic heterocycles. The topological polar surface area (TPSA) is 68.3 Å². The third-order valence-electron chi connectivity index (χ3n) is 3.30. The van der Waals surface area contributed by atoms with Crippen molar-refractivity contribution in [2.45, 2.75) is 34.9 Å². The fraction of sp³-hybridized carbons (Fsp3) is 0.778. The molecule has 1 aliphatic rings. The van der Waals surface area contributed by atoms with Gasteiger partial charge in [-0.1, -0.05) is 19.1 Å². The Hall–Kier alpha value is -0.780. The summed E-state index contributed by atoms with van der Waals surface area (Å²) in [4.78, 5) is 0. The van der Waals surface area contributed by atoms with E-state index in [0.29, 0.717) is 6.92 Å². The summed E-state index contributed by atoms with van der Waals surface area (Å²) in [7, 11) is -13.2. The molecule has 0 aromatic rings. The number of halogens is 6. The number of hydrogen-bond acceptors (Lipinski definition) is 4. The highest BCUT2D eigenvalue weighted by Gasteiger charge is 2.74. The van der Waals surface area contributed by atoms with Crippen molar-refractivity contribution in [3.05, 3.63) is 12.2 Å². The Morgan fingerprint density at radius 2 is 1.33 bits per heavy atom. The number of sulfone groups is 2. The predicted octanol–water partition coefficient (Wildman–Crippen LogP) is 2.54. The lowest BCUT2D eigenvalue weighted by molar-refractivity contribution is -0.0503. The molecule has 0 amide bonds. The Morgan fingerprint density at radius 1 is 0.952 bits per heavy atom. The van der Waals surface area contributed by atoms with Crippen LogP contribution in [0.15, 0.2) is 12.2 Å². The van der Waals surface area contributed by atoms with Crippen LogP contribution in [0.3, 0.4) is 0 Å². The smallest absolute Gasteiger partial charge is 0.218 e. The molecule has 1 aliphatic carbocycles. The minimum atomic E-state index is -6.61. The van der Waals surface area contributed by atoms with Crippen LogP contribution in [0, 0.1) is 5.92 Å². The number of alkyl halides is 6. The fourth-order valence-electron chi connectivity index (χ4n) is 2.25. The lowest BCUT2D eigenvalue weighted by Crippen LogP contribution is -2.59. The van der Waals surface area contributed by atoms with Crippen molar-refractivity contribution < 1.29 is 43.2 Å². The largest absolute Gasteiger partial charge is 0.498 e. The molecule has 0 saturated carbocycles. The minimum Gasteiger partial charge on any atom is -0.218 e. The van der Waals surface area contributed by atoms with Gasteiger partial charge in [0.15, 0.2) is 4.08 Å².